The number of halogens is 4. The Labute approximate surface area is 168 Å². The standard InChI is InChI=1S/C21H17F4N3O2/c1-19(2,18(26)29)28-10-11(9-27-28)14-7-12(22)8-16-17(14)13-5-3-4-6-15(13)20(16,30)21(23,24)25/h3-10,30H,1-2H3,(H2,26,29). The predicted octanol–water partition coefficient (Wildman–Crippen LogP) is 3.69. The Kier molecular flexibility index (Phi) is 4.12. The average molecular weight is 419 g/mol. The number of hydrogen-bond acceptors (Lipinski definition) is 3. The van der Waals surface area contributed by atoms with Gasteiger partial charge in [-0.25, -0.2) is 4.39 Å². The molecule has 9 heteroatoms. The fourth-order valence-corrected chi connectivity index (χ4v) is 3.76. The zero-order valence-electron chi connectivity index (χ0n) is 16.0. The molecule has 3 N–H and O–H groups in total. The summed E-state index contributed by atoms with van der Waals surface area (Å²) >= 11 is 0. The summed E-state index contributed by atoms with van der Waals surface area (Å²) < 4.78 is 57.6. The molecular weight excluding hydrogens is 402 g/mol. The molecule has 1 unspecified atom stereocenters. The maximum absolute atomic E-state index is 14.5. The quantitative estimate of drug-likeness (QED) is 0.636. The van der Waals surface area contributed by atoms with Crippen LogP contribution in [-0.2, 0) is 15.9 Å². The van der Waals surface area contributed by atoms with Crippen molar-refractivity contribution in [2.45, 2.75) is 31.2 Å². The Bertz CT molecular complexity index is 1180. The lowest BCUT2D eigenvalue weighted by Gasteiger charge is -2.28. The third-order valence-corrected chi connectivity index (χ3v) is 5.56. The summed E-state index contributed by atoms with van der Waals surface area (Å²) in [6.45, 7) is 3.06. The lowest BCUT2D eigenvalue weighted by molar-refractivity contribution is -0.246. The molecule has 0 aliphatic heterocycles. The molecule has 0 saturated carbocycles. The lowest BCUT2D eigenvalue weighted by atomic mass is 9.89. The third-order valence-electron chi connectivity index (χ3n) is 5.56. The number of nitrogens with two attached hydrogens (primary N) is 1. The Morgan fingerprint density at radius 2 is 1.80 bits per heavy atom. The van der Waals surface area contributed by atoms with Crippen LogP contribution >= 0.6 is 0 Å². The number of aromatic nitrogens is 2. The van der Waals surface area contributed by atoms with Crippen LogP contribution in [-0.4, -0.2) is 27.0 Å². The van der Waals surface area contributed by atoms with Crippen molar-refractivity contribution in [1.82, 2.24) is 9.78 Å². The minimum absolute atomic E-state index is 0.0586. The van der Waals surface area contributed by atoms with Gasteiger partial charge in [-0.1, -0.05) is 24.3 Å². The SMILES string of the molecule is CC(C)(C(N)=O)n1cc(-c2cc(F)cc3c2-c2ccccc2C3(O)C(F)(F)F)cn1. The molecule has 1 aliphatic rings. The van der Waals surface area contributed by atoms with Gasteiger partial charge in [0.2, 0.25) is 11.5 Å². The highest BCUT2D eigenvalue weighted by molar-refractivity contribution is 5.92. The molecule has 2 aromatic carbocycles. The van der Waals surface area contributed by atoms with Crippen molar-refractivity contribution in [3.8, 4) is 22.3 Å². The molecular formula is C21H17F4N3O2. The number of fused-ring (bicyclic) bond motifs is 3. The van der Waals surface area contributed by atoms with E-state index in [0.717, 1.165) is 6.07 Å². The van der Waals surface area contributed by atoms with Gasteiger partial charge in [0, 0.05) is 22.9 Å². The molecule has 1 atom stereocenters. The van der Waals surface area contributed by atoms with Gasteiger partial charge in [-0.2, -0.15) is 18.3 Å². The van der Waals surface area contributed by atoms with Gasteiger partial charge in [-0.3, -0.25) is 9.48 Å². The maximum Gasteiger partial charge on any atom is 0.425 e. The summed E-state index contributed by atoms with van der Waals surface area (Å²) in [5.41, 5.74) is 0.470. The molecule has 3 aromatic rings. The van der Waals surface area contributed by atoms with Crippen LogP contribution in [0.1, 0.15) is 25.0 Å². The minimum atomic E-state index is -5.07. The maximum atomic E-state index is 14.5. The Morgan fingerprint density at radius 1 is 1.13 bits per heavy atom. The van der Waals surface area contributed by atoms with E-state index in [1.165, 1.54) is 55.2 Å². The minimum Gasteiger partial charge on any atom is -0.372 e. The highest BCUT2D eigenvalue weighted by Gasteiger charge is 2.61. The van der Waals surface area contributed by atoms with Gasteiger partial charge < -0.3 is 10.8 Å². The second-order valence-corrected chi connectivity index (χ2v) is 7.73. The summed E-state index contributed by atoms with van der Waals surface area (Å²) in [5.74, 6) is -1.61. The summed E-state index contributed by atoms with van der Waals surface area (Å²) in [5, 5.41) is 14.9. The van der Waals surface area contributed by atoms with E-state index in [1.807, 2.05) is 0 Å². The number of carbonyl (C=O) groups is 1. The van der Waals surface area contributed by atoms with Crippen molar-refractivity contribution in [2.75, 3.05) is 0 Å². The zero-order chi connectivity index (χ0) is 22.1. The lowest BCUT2D eigenvalue weighted by Crippen LogP contribution is -2.41. The number of alkyl halides is 3. The van der Waals surface area contributed by atoms with E-state index in [4.69, 9.17) is 5.73 Å². The highest BCUT2D eigenvalue weighted by Crippen LogP contribution is 2.57. The van der Waals surface area contributed by atoms with E-state index in [1.54, 1.807) is 0 Å². The van der Waals surface area contributed by atoms with Crippen LogP contribution in [0, 0.1) is 5.82 Å². The van der Waals surface area contributed by atoms with Crippen LogP contribution < -0.4 is 5.73 Å². The van der Waals surface area contributed by atoms with Gasteiger partial charge in [-0.15, -0.1) is 0 Å². The van der Waals surface area contributed by atoms with Crippen LogP contribution in [0.5, 0.6) is 0 Å². The van der Waals surface area contributed by atoms with E-state index in [2.05, 4.69) is 5.10 Å². The van der Waals surface area contributed by atoms with Gasteiger partial charge in [0.25, 0.3) is 0 Å². The monoisotopic (exact) mass is 419 g/mol. The molecule has 0 spiro atoms. The van der Waals surface area contributed by atoms with Crippen LogP contribution in [0.25, 0.3) is 22.3 Å². The van der Waals surface area contributed by atoms with Gasteiger partial charge in [-0.05, 0) is 42.7 Å². The Hall–Kier alpha value is -3.20. The molecule has 5 nitrogen and oxygen atoms in total. The number of primary amides is 1. The van der Waals surface area contributed by atoms with E-state index in [9.17, 15) is 27.5 Å². The highest BCUT2D eigenvalue weighted by atomic mass is 19.4. The topological polar surface area (TPSA) is 81.1 Å². The number of carbonyl (C=O) groups excluding carboxylic acids is 1. The molecule has 1 heterocycles. The molecule has 0 fully saturated rings. The molecule has 1 amide bonds. The predicted molar refractivity (Wildman–Crippen MR) is 101 cm³/mol. The first-order valence-corrected chi connectivity index (χ1v) is 8.97. The number of rotatable bonds is 3. The number of aliphatic hydroxyl groups is 1. The van der Waals surface area contributed by atoms with Crippen molar-refractivity contribution in [3.05, 3.63) is 65.7 Å². The Balaban J connectivity index is 2.02. The fourth-order valence-electron chi connectivity index (χ4n) is 3.76. The van der Waals surface area contributed by atoms with Crippen molar-refractivity contribution >= 4 is 5.91 Å². The van der Waals surface area contributed by atoms with Gasteiger partial charge in [0.1, 0.15) is 11.4 Å². The number of amides is 1. The van der Waals surface area contributed by atoms with Crippen molar-refractivity contribution in [2.24, 2.45) is 5.73 Å². The van der Waals surface area contributed by atoms with Crippen molar-refractivity contribution in [3.63, 3.8) is 0 Å². The molecule has 0 bridgehead atoms. The van der Waals surface area contributed by atoms with Crippen LogP contribution in [0.3, 0.4) is 0 Å². The van der Waals surface area contributed by atoms with Gasteiger partial charge >= 0.3 is 6.18 Å². The summed E-state index contributed by atoms with van der Waals surface area (Å²) in [6, 6.07) is 7.31. The van der Waals surface area contributed by atoms with Crippen molar-refractivity contribution < 1.29 is 27.5 Å². The number of hydrogen-bond donors (Lipinski definition) is 2. The second-order valence-electron chi connectivity index (χ2n) is 7.73. The van der Waals surface area contributed by atoms with Crippen LogP contribution in [0.2, 0.25) is 0 Å². The normalized spacial score (nSPS) is 18.2. The number of nitrogens with zero attached hydrogens (tertiary/aromatic N) is 2. The first-order chi connectivity index (χ1) is 13.9. The summed E-state index contributed by atoms with van der Waals surface area (Å²) in [4.78, 5) is 11.7. The molecule has 4 rings (SSSR count). The van der Waals surface area contributed by atoms with E-state index in [0.29, 0.717) is 6.07 Å². The molecule has 1 aromatic heterocycles. The Morgan fingerprint density at radius 3 is 2.43 bits per heavy atom. The van der Waals surface area contributed by atoms with Gasteiger partial charge in [0.05, 0.1) is 6.20 Å². The molecule has 156 valence electrons. The molecule has 0 radical (unpaired) electrons. The average Bonchev–Trinajstić information content (AvgIpc) is 3.25. The fraction of sp³-hybridized carbons (Fsp3) is 0.238. The largest absolute Gasteiger partial charge is 0.425 e. The molecule has 1 aliphatic carbocycles. The molecule has 0 saturated heterocycles. The molecule has 30 heavy (non-hydrogen) atoms. The number of benzene rings is 2. The van der Waals surface area contributed by atoms with E-state index < -0.39 is 34.6 Å². The first kappa shape index (κ1) is 20.1. The van der Waals surface area contributed by atoms with E-state index in [-0.39, 0.29) is 27.8 Å². The van der Waals surface area contributed by atoms with Crippen LogP contribution in [0.4, 0.5) is 17.6 Å². The van der Waals surface area contributed by atoms with Crippen molar-refractivity contribution in [1.29, 1.82) is 0 Å². The second kappa shape index (κ2) is 6.15. The summed E-state index contributed by atoms with van der Waals surface area (Å²) in [6.07, 6.45) is -2.35. The first-order valence-electron chi connectivity index (χ1n) is 8.97. The van der Waals surface area contributed by atoms with E-state index >= 15 is 0 Å². The van der Waals surface area contributed by atoms with Crippen LogP contribution in [0.15, 0.2) is 48.8 Å². The smallest absolute Gasteiger partial charge is 0.372 e. The van der Waals surface area contributed by atoms with Gasteiger partial charge in [0.15, 0.2) is 0 Å². The zero-order valence-corrected chi connectivity index (χ0v) is 16.0. The summed E-state index contributed by atoms with van der Waals surface area (Å²) in [7, 11) is 0. The third kappa shape index (κ3) is 2.58.